The SMILES string of the molecule is N#CC1=C(N)Oc2c(c3cc(I)ccc3n2C(=O)O)C1(C(=O)O)C(F)(F)F. The van der Waals surface area contributed by atoms with Crippen molar-refractivity contribution in [2.75, 3.05) is 0 Å². The molecule has 0 spiro atoms. The first-order valence-corrected chi connectivity index (χ1v) is 8.02. The van der Waals surface area contributed by atoms with Crippen LogP contribution < -0.4 is 10.5 Å². The Morgan fingerprint density at radius 1 is 1.33 bits per heavy atom. The third-order valence-electron chi connectivity index (χ3n) is 4.14. The van der Waals surface area contributed by atoms with E-state index in [0.29, 0.717) is 8.14 Å². The number of alkyl halides is 3. The average Bonchev–Trinajstić information content (AvgIpc) is 2.85. The summed E-state index contributed by atoms with van der Waals surface area (Å²) in [4.78, 5) is 23.6. The molecule has 2 aromatic rings. The molecule has 12 heteroatoms. The van der Waals surface area contributed by atoms with E-state index in [-0.39, 0.29) is 10.9 Å². The normalized spacial score (nSPS) is 19.4. The summed E-state index contributed by atoms with van der Waals surface area (Å²) in [6, 6.07) is 4.97. The quantitative estimate of drug-likeness (QED) is 0.520. The van der Waals surface area contributed by atoms with Crippen LogP contribution in [-0.2, 0) is 10.2 Å². The van der Waals surface area contributed by atoms with E-state index in [1.165, 1.54) is 18.2 Å². The zero-order valence-electron chi connectivity index (χ0n) is 12.8. The summed E-state index contributed by atoms with van der Waals surface area (Å²) >= 11 is 1.77. The van der Waals surface area contributed by atoms with E-state index in [4.69, 9.17) is 10.5 Å². The highest BCUT2D eigenvalue weighted by molar-refractivity contribution is 14.1. The molecular formula is C15H7F3IN3O5. The Labute approximate surface area is 161 Å². The largest absolute Gasteiger partial charge is 0.480 e. The Bertz CT molecular complexity index is 1100. The first-order chi connectivity index (χ1) is 12.5. The number of hydrogen-bond acceptors (Lipinski definition) is 5. The maximum absolute atomic E-state index is 14.1. The van der Waals surface area contributed by atoms with Gasteiger partial charge in [0.1, 0.15) is 11.6 Å². The number of fused-ring (bicyclic) bond motifs is 3. The minimum atomic E-state index is -5.52. The van der Waals surface area contributed by atoms with Crippen molar-refractivity contribution in [2.24, 2.45) is 5.73 Å². The van der Waals surface area contributed by atoms with Crippen LogP contribution in [0.15, 0.2) is 29.7 Å². The maximum atomic E-state index is 14.1. The third-order valence-corrected chi connectivity index (χ3v) is 4.81. The molecule has 0 aliphatic carbocycles. The molecule has 0 saturated heterocycles. The number of halogens is 4. The van der Waals surface area contributed by atoms with Gasteiger partial charge in [0.05, 0.1) is 11.1 Å². The smallest absolute Gasteiger partial charge is 0.418 e. The van der Waals surface area contributed by atoms with E-state index in [1.54, 1.807) is 22.6 Å². The van der Waals surface area contributed by atoms with Crippen LogP contribution in [0.2, 0.25) is 0 Å². The van der Waals surface area contributed by atoms with E-state index in [9.17, 15) is 38.2 Å². The molecule has 0 radical (unpaired) electrons. The fourth-order valence-corrected chi connectivity index (χ4v) is 3.60. The number of aromatic nitrogens is 1. The monoisotopic (exact) mass is 493 g/mol. The number of nitriles is 1. The van der Waals surface area contributed by atoms with Gasteiger partial charge in [-0.1, -0.05) is 0 Å². The highest BCUT2D eigenvalue weighted by atomic mass is 127. The zero-order valence-corrected chi connectivity index (χ0v) is 15.0. The van der Waals surface area contributed by atoms with Gasteiger partial charge in [-0.3, -0.25) is 4.79 Å². The van der Waals surface area contributed by atoms with Gasteiger partial charge < -0.3 is 20.7 Å². The molecule has 1 aliphatic rings. The molecule has 0 amide bonds. The molecule has 0 saturated carbocycles. The fourth-order valence-electron chi connectivity index (χ4n) is 3.11. The summed E-state index contributed by atoms with van der Waals surface area (Å²) in [5.41, 5.74) is -1.11. The van der Waals surface area contributed by atoms with Gasteiger partial charge in [-0.15, -0.1) is 0 Å². The van der Waals surface area contributed by atoms with Crippen LogP contribution in [-0.4, -0.2) is 33.0 Å². The number of carboxylic acid groups (broad SMARTS) is 2. The van der Waals surface area contributed by atoms with Gasteiger partial charge in [0.25, 0.3) is 0 Å². The molecule has 1 aliphatic heterocycles. The lowest BCUT2D eigenvalue weighted by molar-refractivity contribution is -0.197. The number of nitrogens with zero attached hydrogens (tertiary/aromatic N) is 2. The van der Waals surface area contributed by atoms with E-state index in [1.807, 2.05) is 0 Å². The molecule has 1 aromatic carbocycles. The lowest BCUT2D eigenvalue weighted by Crippen LogP contribution is -2.53. The molecule has 27 heavy (non-hydrogen) atoms. The summed E-state index contributed by atoms with van der Waals surface area (Å²) < 4.78 is 48.2. The number of carboxylic acids is 1. The standard InChI is InChI=1S/C15H7F3IN3O5/c16-15(17,18)14(12(23)24)7(4-20)10(21)27-11-9(14)6-3-5(19)1-2-8(6)22(11)13(25)26/h1-3H,21H2,(H,23,24)(H,25,26). The summed E-state index contributed by atoms with van der Waals surface area (Å²) in [6.07, 6.45) is -7.23. The van der Waals surface area contributed by atoms with Gasteiger partial charge in [0.2, 0.25) is 17.2 Å². The number of ether oxygens (including phenoxy) is 1. The van der Waals surface area contributed by atoms with Gasteiger partial charge >= 0.3 is 18.2 Å². The van der Waals surface area contributed by atoms with Crippen molar-refractivity contribution in [3.8, 4) is 11.9 Å². The molecule has 1 atom stereocenters. The fraction of sp³-hybridized carbons (Fsp3) is 0.133. The topological polar surface area (TPSA) is 139 Å². The first-order valence-electron chi connectivity index (χ1n) is 6.94. The molecular weight excluding hydrogens is 486 g/mol. The Hall–Kier alpha value is -2.95. The van der Waals surface area contributed by atoms with E-state index in [2.05, 4.69) is 0 Å². The number of aliphatic carboxylic acids is 1. The summed E-state index contributed by atoms with van der Waals surface area (Å²) in [7, 11) is 0. The minimum absolute atomic E-state index is 0.241. The summed E-state index contributed by atoms with van der Waals surface area (Å²) in [6.45, 7) is 0. The number of carbonyl (C=O) groups is 2. The second-order valence-corrected chi connectivity index (χ2v) is 6.71. The molecule has 0 fully saturated rings. The predicted octanol–water partition coefficient (Wildman–Crippen LogP) is 2.74. The molecule has 1 unspecified atom stereocenters. The van der Waals surface area contributed by atoms with Crippen molar-refractivity contribution in [3.63, 3.8) is 0 Å². The Balaban J connectivity index is 2.67. The molecule has 4 N–H and O–H groups in total. The molecule has 8 nitrogen and oxygen atoms in total. The van der Waals surface area contributed by atoms with Gasteiger partial charge in [0.15, 0.2) is 0 Å². The summed E-state index contributed by atoms with van der Waals surface area (Å²) in [5, 5.41) is 27.9. The van der Waals surface area contributed by atoms with E-state index >= 15 is 0 Å². The Morgan fingerprint density at radius 3 is 2.44 bits per heavy atom. The van der Waals surface area contributed by atoms with E-state index < -0.39 is 46.6 Å². The summed E-state index contributed by atoms with van der Waals surface area (Å²) in [5.74, 6) is -4.48. The molecule has 3 rings (SSSR count). The third kappa shape index (κ3) is 2.27. The average molecular weight is 493 g/mol. The number of rotatable bonds is 1. The highest BCUT2D eigenvalue weighted by Crippen LogP contribution is 2.55. The van der Waals surface area contributed by atoms with Crippen LogP contribution in [0.4, 0.5) is 18.0 Å². The van der Waals surface area contributed by atoms with E-state index in [0.717, 1.165) is 6.07 Å². The van der Waals surface area contributed by atoms with Crippen LogP contribution >= 0.6 is 22.6 Å². The van der Waals surface area contributed by atoms with Crippen molar-refractivity contribution in [1.29, 1.82) is 5.26 Å². The van der Waals surface area contributed by atoms with Crippen LogP contribution in [0.3, 0.4) is 0 Å². The first kappa shape index (κ1) is 18.8. The van der Waals surface area contributed by atoms with Crippen molar-refractivity contribution in [1.82, 2.24) is 4.57 Å². The second kappa shape index (κ2) is 5.78. The Morgan fingerprint density at radius 2 is 1.96 bits per heavy atom. The second-order valence-electron chi connectivity index (χ2n) is 5.47. The van der Waals surface area contributed by atoms with Gasteiger partial charge in [-0.25, -0.2) is 9.36 Å². The maximum Gasteiger partial charge on any atom is 0.418 e. The molecule has 0 bridgehead atoms. The van der Waals surface area contributed by atoms with Gasteiger partial charge in [0, 0.05) is 8.96 Å². The van der Waals surface area contributed by atoms with Crippen molar-refractivity contribution in [3.05, 3.63) is 38.8 Å². The van der Waals surface area contributed by atoms with Crippen LogP contribution in [0, 0.1) is 14.9 Å². The highest BCUT2D eigenvalue weighted by Gasteiger charge is 2.70. The van der Waals surface area contributed by atoms with Crippen LogP contribution in [0.25, 0.3) is 10.9 Å². The molecule has 1 aromatic heterocycles. The lowest BCUT2D eigenvalue weighted by atomic mass is 9.72. The zero-order chi connectivity index (χ0) is 20.3. The van der Waals surface area contributed by atoms with Crippen LogP contribution in [0.1, 0.15) is 5.56 Å². The lowest BCUT2D eigenvalue weighted by Gasteiger charge is -2.35. The van der Waals surface area contributed by atoms with Crippen molar-refractivity contribution >= 4 is 45.6 Å². The number of hydrogen-bond donors (Lipinski definition) is 3. The molecule has 140 valence electrons. The number of nitrogens with two attached hydrogens (primary N) is 1. The minimum Gasteiger partial charge on any atom is -0.480 e. The van der Waals surface area contributed by atoms with Crippen molar-refractivity contribution in [2.45, 2.75) is 11.6 Å². The van der Waals surface area contributed by atoms with Gasteiger partial charge in [-0.05, 0) is 40.8 Å². The number of benzene rings is 1. The van der Waals surface area contributed by atoms with Crippen LogP contribution in [0.5, 0.6) is 5.88 Å². The molecule has 2 heterocycles. The predicted molar refractivity (Wildman–Crippen MR) is 90.9 cm³/mol. The van der Waals surface area contributed by atoms with Crippen molar-refractivity contribution < 1.29 is 37.7 Å². The Kier molecular flexibility index (Phi) is 4.03. The van der Waals surface area contributed by atoms with Gasteiger partial charge in [-0.2, -0.15) is 18.4 Å².